The van der Waals surface area contributed by atoms with Crippen LogP contribution in [-0.2, 0) is 4.74 Å². The Hall–Kier alpha value is -1.30. The Morgan fingerprint density at radius 2 is 2.10 bits per heavy atom. The van der Waals surface area contributed by atoms with Crippen LogP contribution in [0.5, 0.6) is 0 Å². The molecular formula is C14H19ClN2O3. The molecule has 1 heterocycles. The lowest BCUT2D eigenvalue weighted by molar-refractivity contribution is -0.00554. The number of hydrogen-bond donors (Lipinski definition) is 2. The number of anilines is 1. The van der Waals surface area contributed by atoms with Crippen molar-refractivity contribution >= 4 is 23.2 Å². The number of ether oxygens (including phenoxy) is 1. The Labute approximate surface area is 123 Å². The van der Waals surface area contributed by atoms with Gasteiger partial charge in [0.15, 0.2) is 0 Å². The van der Waals surface area contributed by atoms with Crippen molar-refractivity contribution in [3.63, 3.8) is 0 Å². The van der Waals surface area contributed by atoms with Gasteiger partial charge in [-0.3, -0.25) is 4.79 Å². The number of carbonyl (C=O) groups excluding carboxylic acids is 1. The van der Waals surface area contributed by atoms with Gasteiger partial charge in [0.1, 0.15) is 0 Å². The smallest absolute Gasteiger partial charge is 0.253 e. The molecule has 110 valence electrons. The highest BCUT2D eigenvalue weighted by Crippen LogP contribution is 2.20. The summed E-state index contributed by atoms with van der Waals surface area (Å²) in [6.45, 7) is 1.66. The van der Waals surface area contributed by atoms with Crippen molar-refractivity contribution in [2.75, 3.05) is 32.0 Å². The summed E-state index contributed by atoms with van der Waals surface area (Å²) < 4.78 is 5.48. The second-order valence-electron chi connectivity index (χ2n) is 4.86. The molecular weight excluding hydrogens is 280 g/mol. The maximum Gasteiger partial charge on any atom is 0.253 e. The molecule has 0 spiro atoms. The maximum atomic E-state index is 12.4. The van der Waals surface area contributed by atoms with Gasteiger partial charge in [0.25, 0.3) is 5.91 Å². The van der Waals surface area contributed by atoms with E-state index in [-0.39, 0.29) is 18.6 Å². The predicted octanol–water partition coefficient (Wildman–Crippen LogP) is 1.54. The minimum Gasteiger partial charge on any atom is -0.399 e. The molecule has 5 nitrogen and oxygen atoms in total. The van der Waals surface area contributed by atoms with Gasteiger partial charge in [-0.25, -0.2) is 0 Å². The van der Waals surface area contributed by atoms with Crippen LogP contribution in [0, 0.1) is 0 Å². The van der Waals surface area contributed by atoms with E-state index in [2.05, 4.69) is 0 Å². The Morgan fingerprint density at radius 3 is 2.70 bits per heavy atom. The molecule has 0 saturated carbocycles. The van der Waals surface area contributed by atoms with Crippen LogP contribution in [-0.4, -0.2) is 48.3 Å². The van der Waals surface area contributed by atoms with Gasteiger partial charge >= 0.3 is 0 Å². The maximum absolute atomic E-state index is 12.4. The molecule has 1 amide bonds. The summed E-state index contributed by atoms with van der Waals surface area (Å²) >= 11 is 5.92. The Morgan fingerprint density at radius 1 is 1.40 bits per heavy atom. The van der Waals surface area contributed by atoms with Crippen LogP contribution in [0.15, 0.2) is 18.2 Å². The number of benzene rings is 1. The largest absolute Gasteiger partial charge is 0.399 e. The first-order valence-corrected chi connectivity index (χ1v) is 7.05. The normalized spacial score (nSPS) is 16.4. The molecule has 1 aromatic carbocycles. The number of nitrogen functional groups attached to an aromatic ring is 1. The summed E-state index contributed by atoms with van der Waals surface area (Å²) in [5, 5.41) is 9.19. The van der Waals surface area contributed by atoms with Gasteiger partial charge in [0, 0.05) is 29.4 Å². The topological polar surface area (TPSA) is 75.8 Å². The zero-order chi connectivity index (χ0) is 14.5. The Kier molecular flexibility index (Phi) is 5.23. The minimum atomic E-state index is -0.0557. The number of nitrogens with two attached hydrogens (primary N) is 1. The van der Waals surface area contributed by atoms with Gasteiger partial charge in [-0.15, -0.1) is 0 Å². The molecule has 1 aliphatic heterocycles. The number of halogens is 1. The lowest BCUT2D eigenvalue weighted by atomic mass is 10.1. The van der Waals surface area contributed by atoms with Crippen LogP contribution in [0.3, 0.4) is 0 Å². The van der Waals surface area contributed by atoms with Crippen LogP contribution >= 0.6 is 11.6 Å². The van der Waals surface area contributed by atoms with E-state index in [4.69, 9.17) is 27.2 Å². The number of aliphatic hydroxyl groups excluding tert-OH is 1. The standard InChI is InChI=1S/C14H19ClN2O3/c15-11-7-10(8-12(16)9-11)14(19)17-3-1-13(2-4-17)20-6-5-18/h7-9,13,18H,1-6,16H2. The van der Waals surface area contributed by atoms with Gasteiger partial charge in [-0.1, -0.05) is 11.6 Å². The molecule has 20 heavy (non-hydrogen) atoms. The second kappa shape index (κ2) is 6.92. The zero-order valence-corrected chi connectivity index (χ0v) is 12.0. The van der Waals surface area contributed by atoms with Crippen molar-refractivity contribution in [2.24, 2.45) is 0 Å². The van der Waals surface area contributed by atoms with Crippen molar-refractivity contribution in [1.82, 2.24) is 4.90 Å². The van der Waals surface area contributed by atoms with Crippen LogP contribution in [0.4, 0.5) is 5.69 Å². The highest BCUT2D eigenvalue weighted by atomic mass is 35.5. The lowest BCUT2D eigenvalue weighted by Gasteiger charge is -2.32. The van der Waals surface area contributed by atoms with E-state index >= 15 is 0 Å². The molecule has 1 aromatic rings. The first kappa shape index (κ1) is 15.1. The van der Waals surface area contributed by atoms with Gasteiger partial charge in [0.05, 0.1) is 19.3 Å². The highest BCUT2D eigenvalue weighted by molar-refractivity contribution is 6.31. The number of hydrogen-bond acceptors (Lipinski definition) is 4. The quantitative estimate of drug-likeness (QED) is 0.827. The number of piperidine rings is 1. The van der Waals surface area contributed by atoms with Crippen molar-refractivity contribution in [3.05, 3.63) is 28.8 Å². The van der Waals surface area contributed by atoms with E-state index in [1.54, 1.807) is 23.1 Å². The third-order valence-electron chi connectivity index (χ3n) is 3.34. The molecule has 0 aromatic heterocycles. The first-order valence-electron chi connectivity index (χ1n) is 6.68. The molecule has 2 rings (SSSR count). The average Bonchev–Trinajstić information content (AvgIpc) is 2.44. The van der Waals surface area contributed by atoms with Crippen molar-refractivity contribution in [2.45, 2.75) is 18.9 Å². The van der Waals surface area contributed by atoms with Crippen LogP contribution in [0.25, 0.3) is 0 Å². The van der Waals surface area contributed by atoms with Gasteiger partial charge in [-0.2, -0.15) is 0 Å². The third-order valence-corrected chi connectivity index (χ3v) is 3.56. The van der Waals surface area contributed by atoms with E-state index in [1.807, 2.05) is 0 Å². The molecule has 1 fully saturated rings. The van der Waals surface area contributed by atoms with Gasteiger partial charge in [0.2, 0.25) is 0 Å². The van der Waals surface area contributed by atoms with Crippen LogP contribution in [0.1, 0.15) is 23.2 Å². The first-order chi connectivity index (χ1) is 9.60. The Balaban J connectivity index is 1.94. The lowest BCUT2D eigenvalue weighted by Crippen LogP contribution is -2.41. The summed E-state index contributed by atoms with van der Waals surface area (Å²) in [6.07, 6.45) is 1.68. The summed E-state index contributed by atoms with van der Waals surface area (Å²) in [5.41, 5.74) is 6.71. The second-order valence-corrected chi connectivity index (χ2v) is 5.30. The van der Waals surface area contributed by atoms with Crippen molar-refractivity contribution in [3.8, 4) is 0 Å². The predicted molar refractivity (Wildman–Crippen MR) is 77.8 cm³/mol. The fraction of sp³-hybridized carbons (Fsp3) is 0.500. The molecule has 0 aliphatic carbocycles. The molecule has 0 radical (unpaired) electrons. The van der Waals surface area contributed by atoms with E-state index in [0.717, 1.165) is 12.8 Å². The number of amides is 1. The van der Waals surface area contributed by atoms with Crippen LogP contribution in [0.2, 0.25) is 5.02 Å². The minimum absolute atomic E-state index is 0.0287. The fourth-order valence-corrected chi connectivity index (χ4v) is 2.61. The molecule has 0 atom stereocenters. The molecule has 1 aliphatic rings. The summed E-state index contributed by atoms with van der Waals surface area (Å²) in [4.78, 5) is 14.1. The number of aliphatic hydroxyl groups is 1. The SMILES string of the molecule is Nc1cc(Cl)cc(C(=O)N2CCC(OCCO)CC2)c1. The number of likely N-dealkylation sites (tertiary alicyclic amines) is 1. The van der Waals surface area contributed by atoms with Gasteiger partial charge < -0.3 is 20.5 Å². The molecule has 0 unspecified atom stereocenters. The molecule has 0 bridgehead atoms. The zero-order valence-electron chi connectivity index (χ0n) is 11.2. The van der Waals surface area contributed by atoms with E-state index < -0.39 is 0 Å². The number of carbonyl (C=O) groups is 1. The highest BCUT2D eigenvalue weighted by Gasteiger charge is 2.24. The van der Waals surface area contributed by atoms with E-state index in [9.17, 15) is 4.79 Å². The van der Waals surface area contributed by atoms with Crippen LogP contribution < -0.4 is 5.73 Å². The summed E-state index contributed by atoms with van der Waals surface area (Å²) in [6, 6.07) is 4.89. The van der Waals surface area contributed by atoms with Crippen molar-refractivity contribution < 1.29 is 14.6 Å². The van der Waals surface area contributed by atoms with E-state index in [0.29, 0.717) is 36.0 Å². The monoisotopic (exact) mass is 298 g/mol. The molecule has 6 heteroatoms. The summed E-state index contributed by atoms with van der Waals surface area (Å²) in [5.74, 6) is -0.0557. The van der Waals surface area contributed by atoms with Gasteiger partial charge in [-0.05, 0) is 31.0 Å². The van der Waals surface area contributed by atoms with Crippen molar-refractivity contribution in [1.29, 1.82) is 0 Å². The Bertz CT molecular complexity index is 453. The third kappa shape index (κ3) is 3.85. The molecule has 1 saturated heterocycles. The average molecular weight is 299 g/mol. The number of rotatable bonds is 4. The molecule has 3 N–H and O–H groups in total. The number of nitrogens with zero attached hydrogens (tertiary/aromatic N) is 1. The van der Waals surface area contributed by atoms with E-state index in [1.165, 1.54) is 0 Å². The fourth-order valence-electron chi connectivity index (χ4n) is 2.36. The summed E-state index contributed by atoms with van der Waals surface area (Å²) in [7, 11) is 0.